The van der Waals surface area contributed by atoms with E-state index in [9.17, 15) is 0 Å². The molecule has 2 heterocycles. The van der Waals surface area contributed by atoms with Gasteiger partial charge in [-0.2, -0.15) is 0 Å². The standard InChI is InChI=1S/C19H23NO3/c1-4-6-7-14(5-2)11-20(3)12-18-19(23-18)15-8-9-16-17(10-15)22-13-21-16/h4-10,18-19H,2,11-13H2,1,3H3/b6-4-,14-7+. The molecule has 0 aromatic heterocycles. The van der Waals surface area contributed by atoms with Crippen LogP contribution in [-0.4, -0.2) is 37.9 Å². The maximum atomic E-state index is 5.83. The smallest absolute Gasteiger partial charge is 0.231 e. The van der Waals surface area contributed by atoms with Gasteiger partial charge in [0.15, 0.2) is 11.5 Å². The van der Waals surface area contributed by atoms with Crippen molar-refractivity contribution in [1.29, 1.82) is 0 Å². The lowest BCUT2D eigenvalue weighted by atomic mass is 10.1. The lowest BCUT2D eigenvalue weighted by Gasteiger charge is -2.15. The van der Waals surface area contributed by atoms with Crippen molar-refractivity contribution >= 4 is 0 Å². The van der Waals surface area contributed by atoms with Crippen LogP contribution in [0.4, 0.5) is 0 Å². The van der Waals surface area contributed by atoms with Gasteiger partial charge in [0.05, 0.1) is 0 Å². The van der Waals surface area contributed by atoms with Crippen molar-refractivity contribution in [2.24, 2.45) is 0 Å². The van der Waals surface area contributed by atoms with Gasteiger partial charge in [0.1, 0.15) is 12.2 Å². The van der Waals surface area contributed by atoms with E-state index >= 15 is 0 Å². The minimum atomic E-state index is 0.152. The summed E-state index contributed by atoms with van der Waals surface area (Å²) in [6.45, 7) is 7.94. The molecule has 0 saturated carbocycles. The molecule has 122 valence electrons. The van der Waals surface area contributed by atoms with Gasteiger partial charge in [-0.3, -0.25) is 4.90 Å². The van der Waals surface area contributed by atoms with Gasteiger partial charge < -0.3 is 14.2 Å². The van der Waals surface area contributed by atoms with Crippen LogP contribution in [0.25, 0.3) is 0 Å². The van der Waals surface area contributed by atoms with E-state index in [-0.39, 0.29) is 12.2 Å². The first-order valence-corrected chi connectivity index (χ1v) is 7.89. The molecule has 3 rings (SSSR count). The molecule has 0 N–H and O–H groups in total. The Balaban J connectivity index is 1.53. The quantitative estimate of drug-likeness (QED) is 0.570. The first kappa shape index (κ1) is 15.8. The molecule has 2 aliphatic heterocycles. The minimum Gasteiger partial charge on any atom is -0.454 e. The number of likely N-dealkylation sites (N-methyl/N-ethyl adjacent to an activating group) is 1. The summed E-state index contributed by atoms with van der Waals surface area (Å²) in [6, 6.07) is 6.03. The largest absolute Gasteiger partial charge is 0.454 e. The van der Waals surface area contributed by atoms with E-state index in [1.807, 2.05) is 37.3 Å². The average Bonchev–Trinajstić information content (AvgIpc) is 3.15. The van der Waals surface area contributed by atoms with Crippen LogP contribution >= 0.6 is 0 Å². The summed E-state index contributed by atoms with van der Waals surface area (Å²) in [5, 5.41) is 0. The highest BCUT2D eigenvalue weighted by atomic mass is 16.7. The first-order chi connectivity index (χ1) is 11.2. The molecular weight excluding hydrogens is 290 g/mol. The predicted octanol–water partition coefficient (Wildman–Crippen LogP) is 3.48. The second-order valence-corrected chi connectivity index (χ2v) is 5.88. The topological polar surface area (TPSA) is 34.2 Å². The number of hydrogen-bond acceptors (Lipinski definition) is 4. The fourth-order valence-electron chi connectivity index (χ4n) is 2.75. The summed E-state index contributed by atoms with van der Waals surface area (Å²) >= 11 is 0. The van der Waals surface area contributed by atoms with Crippen molar-refractivity contribution in [3.05, 3.63) is 60.2 Å². The van der Waals surface area contributed by atoms with Crippen LogP contribution in [0.1, 0.15) is 18.6 Å². The summed E-state index contributed by atoms with van der Waals surface area (Å²) in [5.74, 6) is 1.63. The number of nitrogens with zero attached hydrogens (tertiary/aromatic N) is 1. The van der Waals surface area contributed by atoms with Gasteiger partial charge in [-0.05, 0) is 37.2 Å². The fraction of sp³-hybridized carbons (Fsp3) is 0.368. The van der Waals surface area contributed by atoms with Gasteiger partial charge in [0.25, 0.3) is 0 Å². The Morgan fingerprint density at radius 1 is 1.35 bits per heavy atom. The van der Waals surface area contributed by atoms with Gasteiger partial charge in [-0.1, -0.05) is 36.9 Å². The molecule has 23 heavy (non-hydrogen) atoms. The van der Waals surface area contributed by atoms with Crippen LogP contribution in [0, 0.1) is 0 Å². The molecule has 4 heteroatoms. The fourth-order valence-corrected chi connectivity index (χ4v) is 2.75. The van der Waals surface area contributed by atoms with Crippen LogP contribution in [0.5, 0.6) is 11.5 Å². The summed E-state index contributed by atoms with van der Waals surface area (Å²) in [4.78, 5) is 2.26. The lowest BCUT2D eigenvalue weighted by molar-refractivity contribution is 0.174. The van der Waals surface area contributed by atoms with E-state index in [2.05, 4.69) is 30.7 Å². The van der Waals surface area contributed by atoms with E-state index in [1.165, 1.54) is 5.57 Å². The van der Waals surface area contributed by atoms with Crippen molar-refractivity contribution in [2.45, 2.75) is 19.1 Å². The summed E-state index contributed by atoms with van der Waals surface area (Å²) < 4.78 is 16.6. The molecule has 0 aliphatic carbocycles. The zero-order valence-electron chi connectivity index (χ0n) is 13.7. The van der Waals surface area contributed by atoms with Crippen molar-refractivity contribution in [3.63, 3.8) is 0 Å². The average molecular weight is 313 g/mol. The Bertz CT molecular complexity index is 636. The number of fused-ring (bicyclic) bond motifs is 1. The molecule has 1 fully saturated rings. The molecule has 0 radical (unpaired) electrons. The number of ether oxygens (including phenoxy) is 3. The van der Waals surface area contributed by atoms with E-state index in [4.69, 9.17) is 14.2 Å². The Labute approximate surface area is 137 Å². The third-order valence-corrected chi connectivity index (χ3v) is 4.02. The third kappa shape index (κ3) is 3.84. The lowest BCUT2D eigenvalue weighted by Crippen LogP contribution is -2.25. The van der Waals surface area contributed by atoms with Gasteiger partial charge in [0, 0.05) is 13.1 Å². The molecule has 1 aromatic carbocycles. The molecule has 1 saturated heterocycles. The molecule has 1 aromatic rings. The molecule has 0 spiro atoms. The molecule has 0 amide bonds. The zero-order valence-corrected chi connectivity index (χ0v) is 13.7. The predicted molar refractivity (Wildman–Crippen MR) is 90.8 cm³/mol. The highest BCUT2D eigenvalue weighted by molar-refractivity contribution is 5.46. The number of benzene rings is 1. The SMILES string of the molecule is C=C/C(=C\C=C/C)CN(C)CC1OC1c1ccc2c(c1)OCO2. The Kier molecular flexibility index (Phi) is 4.84. The first-order valence-electron chi connectivity index (χ1n) is 7.89. The summed E-state index contributed by atoms with van der Waals surface area (Å²) in [7, 11) is 2.10. The van der Waals surface area contributed by atoms with E-state index in [0.717, 1.165) is 30.2 Å². The second-order valence-electron chi connectivity index (χ2n) is 5.88. The van der Waals surface area contributed by atoms with Gasteiger partial charge >= 0.3 is 0 Å². The number of rotatable bonds is 7. The van der Waals surface area contributed by atoms with E-state index in [0.29, 0.717) is 6.79 Å². The molecule has 2 aliphatic rings. The highest BCUT2D eigenvalue weighted by Gasteiger charge is 2.41. The highest BCUT2D eigenvalue weighted by Crippen LogP contribution is 2.43. The van der Waals surface area contributed by atoms with Gasteiger partial charge in [-0.25, -0.2) is 0 Å². The Hall–Kier alpha value is -2.04. The maximum absolute atomic E-state index is 5.83. The monoisotopic (exact) mass is 313 g/mol. The number of hydrogen-bond donors (Lipinski definition) is 0. The second kappa shape index (κ2) is 7.02. The Morgan fingerprint density at radius 2 is 2.17 bits per heavy atom. The molecule has 2 atom stereocenters. The van der Waals surface area contributed by atoms with Gasteiger partial charge in [0.2, 0.25) is 6.79 Å². The molecule has 0 bridgehead atoms. The minimum absolute atomic E-state index is 0.152. The van der Waals surface area contributed by atoms with Crippen LogP contribution in [0.2, 0.25) is 0 Å². The number of epoxide rings is 1. The van der Waals surface area contributed by atoms with Gasteiger partial charge in [-0.15, -0.1) is 0 Å². The zero-order chi connectivity index (χ0) is 16.2. The summed E-state index contributed by atoms with van der Waals surface area (Å²) in [5.41, 5.74) is 2.35. The van der Waals surface area contributed by atoms with Crippen molar-refractivity contribution in [1.82, 2.24) is 4.90 Å². The van der Waals surface area contributed by atoms with E-state index in [1.54, 1.807) is 0 Å². The number of allylic oxidation sites excluding steroid dienone is 3. The van der Waals surface area contributed by atoms with Crippen LogP contribution in [0.3, 0.4) is 0 Å². The van der Waals surface area contributed by atoms with Crippen LogP contribution < -0.4 is 9.47 Å². The van der Waals surface area contributed by atoms with Crippen molar-refractivity contribution < 1.29 is 14.2 Å². The summed E-state index contributed by atoms with van der Waals surface area (Å²) in [6.07, 6.45) is 8.43. The maximum Gasteiger partial charge on any atom is 0.231 e. The van der Waals surface area contributed by atoms with Crippen LogP contribution in [-0.2, 0) is 4.74 Å². The van der Waals surface area contributed by atoms with Crippen LogP contribution in [0.15, 0.2) is 54.7 Å². The molecule has 2 unspecified atom stereocenters. The van der Waals surface area contributed by atoms with Crippen molar-refractivity contribution in [2.75, 3.05) is 26.9 Å². The van der Waals surface area contributed by atoms with E-state index < -0.39 is 0 Å². The molecular formula is C19H23NO3. The normalized spacial score (nSPS) is 22.8. The van der Waals surface area contributed by atoms with Crippen molar-refractivity contribution in [3.8, 4) is 11.5 Å². The third-order valence-electron chi connectivity index (χ3n) is 4.02. The molecule has 4 nitrogen and oxygen atoms in total. The Morgan fingerprint density at radius 3 is 2.96 bits per heavy atom.